The van der Waals surface area contributed by atoms with Gasteiger partial charge in [-0.25, -0.2) is 14.2 Å². The van der Waals surface area contributed by atoms with Crippen molar-refractivity contribution < 1.29 is 23.5 Å². The molecule has 1 unspecified atom stereocenters. The smallest absolute Gasteiger partial charge is 0.408 e. The molecule has 33 heavy (non-hydrogen) atoms. The number of aromatic nitrogens is 1. The molecule has 2 aromatic carbocycles. The Morgan fingerprint density at radius 3 is 2.48 bits per heavy atom. The van der Waals surface area contributed by atoms with Crippen molar-refractivity contribution in [2.24, 2.45) is 0 Å². The van der Waals surface area contributed by atoms with E-state index in [2.05, 4.69) is 10.3 Å². The van der Waals surface area contributed by atoms with Gasteiger partial charge < -0.3 is 14.8 Å². The van der Waals surface area contributed by atoms with Gasteiger partial charge in [-0.1, -0.05) is 18.2 Å². The van der Waals surface area contributed by atoms with E-state index in [1.807, 2.05) is 13.0 Å². The van der Waals surface area contributed by atoms with Crippen molar-refractivity contribution in [2.45, 2.75) is 53.2 Å². The number of hydrogen-bond donors (Lipinski definition) is 1. The Bertz CT molecular complexity index is 1200. The maximum absolute atomic E-state index is 15.4. The van der Waals surface area contributed by atoms with Gasteiger partial charge in [0.2, 0.25) is 5.88 Å². The number of halogens is 1. The number of alkyl carbamates (subject to hydrolysis) is 1. The molecule has 0 radical (unpaired) electrons. The highest BCUT2D eigenvalue weighted by atomic mass is 19.1. The molecule has 0 aliphatic heterocycles. The molecule has 3 rings (SSSR count). The molecule has 1 aromatic heterocycles. The zero-order valence-electron chi connectivity index (χ0n) is 19.8. The molecule has 0 aliphatic carbocycles. The minimum atomic E-state index is -0.642. The van der Waals surface area contributed by atoms with Crippen LogP contribution in [0.2, 0.25) is 0 Å². The minimum Gasteiger partial charge on any atom is -0.478 e. The van der Waals surface area contributed by atoms with Crippen LogP contribution < -0.4 is 10.1 Å². The third kappa shape index (κ3) is 5.30. The van der Waals surface area contributed by atoms with Crippen molar-refractivity contribution in [1.82, 2.24) is 10.3 Å². The van der Waals surface area contributed by atoms with Crippen LogP contribution in [0.25, 0.3) is 10.8 Å². The fourth-order valence-electron chi connectivity index (χ4n) is 3.68. The maximum Gasteiger partial charge on any atom is 0.408 e. The van der Waals surface area contributed by atoms with Gasteiger partial charge in [0.05, 0.1) is 18.2 Å². The molecule has 0 aliphatic rings. The summed E-state index contributed by atoms with van der Waals surface area (Å²) in [5.41, 5.74) is 0.540. The highest BCUT2D eigenvalue weighted by Gasteiger charge is 2.23. The van der Waals surface area contributed by atoms with Crippen LogP contribution in [-0.4, -0.2) is 29.1 Å². The maximum atomic E-state index is 15.4. The predicted octanol–water partition coefficient (Wildman–Crippen LogP) is 5.90. The second kappa shape index (κ2) is 9.57. The normalized spacial score (nSPS) is 12.3. The van der Waals surface area contributed by atoms with E-state index < -0.39 is 29.3 Å². The lowest BCUT2D eigenvalue weighted by Crippen LogP contribution is -2.34. The first kappa shape index (κ1) is 24.2. The zero-order chi connectivity index (χ0) is 24.3. The van der Waals surface area contributed by atoms with Crippen LogP contribution in [0.3, 0.4) is 0 Å². The molecule has 0 fully saturated rings. The molecule has 7 heteroatoms. The molecule has 0 bridgehead atoms. The number of benzene rings is 2. The van der Waals surface area contributed by atoms with Gasteiger partial charge >= 0.3 is 6.09 Å². The summed E-state index contributed by atoms with van der Waals surface area (Å²) in [5, 5.41) is 4.04. The number of ketones is 1. The van der Waals surface area contributed by atoms with Gasteiger partial charge in [0.1, 0.15) is 11.4 Å². The predicted molar refractivity (Wildman–Crippen MR) is 125 cm³/mol. The highest BCUT2D eigenvalue weighted by Crippen LogP contribution is 2.30. The van der Waals surface area contributed by atoms with Gasteiger partial charge in [-0.2, -0.15) is 0 Å². The number of fused-ring (bicyclic) bond motifs is 1. The molecule has 6 nitrogen and oxygen atoms in total. The van der Waals surface area contributed by atoms with Gasteiger partial charge in [0, 0.05) is 17.1 Å². The summed E-state index contributed by atoms with van der Waals surface area (Å²) < 4.78 is 26.2. The summed E-state index contributed by atoms with van der Waals surface area (Å²) in [7, 11) is 0. The highest BCUT2D eigenvalue weighted by molar-refractivity contribution is 6.17. The van der Waals surface area contributed by atoms with E-state index in [9.17, 15) is 9.59 Å². The van der Waals surface area contributed by atoms with Crippen LogP contribution in [0.4, 0.5) is 9.18 Å². The summed E-state index contributed by atoms with van der Waals surface area (Å²) >= 11 is 0. The Morgan fingerprint density at radius 1 is 1.09 bits per heavy atom. The monoisotopic (exact) mass is 452 g/mol. The fraction of sp³-hybridized carbons (Fsp3) is 0.346. The number of nitrogens with zero attached hydrogens (tertiary/aromatic N) is 1. The Hall–Kier alpha value is -3.48. The molecule has 0 saturated heterocycles. The third-order valence-corrected chi connectivity index (χ3v) is 5.17. The first-order valence-electron chi connectivity index (χ1n) is 10.9. The lowest BCUT2D eigenvalue weighted by molar-refractivity contribution is 0.0507. The first-order valence-corrected chi connectivity index (χ1v) is 10.9. The molecule has 1 heterocycles. The zero-order valence-corrected chi connectivity index (χ0v) is 19.8. The van der Waals surface area contributed by atoms with E-state index in [0.717, 1.165) is 0 Å². The Balaban J connectivity index is 1.94. The van der Waals surface area contributed by atoms with Crippen LogP contribution in [0.1, 0.15) is 67.7 Å². The molecular formula is C26H29FN2O4. The number of pyridine rings is 1. The Labute approximate surface area is 193 Å². The lowest BCUT2D eigenvalue weighted by Gasteiger charge is -2.23. The molecule has 1 N–H and O–H groups in total. The van der Waals surface area contributed by atoms with E-state index in [1.165, 1.54) is 6.07 Å². The Kier molecular flexibility index (Phi) is 7.01. The second-order valence-corrected chi connectivity index (χ2v) is 8.79. The molecule has 0 saturated carbocycles. The van der Waals surface area contributed by atoms with Crippen molar-refractivity contribution in [3.8, 4) is 5.88 Å². The summed E-state index contributed by atoms with van der Waals surface area (Å²) in [6.45, 7) is 10.9. The summed E-state index contributed by atoms with van der Waals surface area (Å²) in [4.78, 5) is 29.7. The number of ether oxygens (including phenoxy) is 2. The number of nitrogens with one attached hydrogen (secondary N) is 1. The van der Waals surface area contributed by atoms with Crippen molar-refractivity contribution in [3.63, 3.8) is 0 Å². The molecule has 0 spiro atoms. The largest absolute Gasteiger partial charge is 0.478 e. The van der Waals surface area contributed by atoms with Gasteiger partial charge in [-0.15, -0.1) is 0 Å². The van der Waals surface area contributed by atoms with E-state index in [0.29, 0.717) is 39.9 Å². The van der Waals surface area contributed by atoms with Gasteiger partial charge in [-0.3, -0.25) is 4.79 Å². The number of hydrogen-bond acceptors (Lipinski definition) is 5. The average Bonchev–Trinajstić information content (AvgIpc) is 2.73. The standard InChI is InChI=1S/C26H29FN2O4/c1-7-32-24-20-10-8-9-19(18(20)13-14-28-24)23(30)21-12-11-17(15(2)22(21)27)16(3)29-25(31)33-26(4,5)6/h8-14,16H,7H2,1-6H3,(H,29,31). The van der Waals surface area contributed by atoms with Crippen LogP contribution in [0.15, 0.2) is 42.6 Å². The topological polar surface area (TPSA) is 77.5 Å². The quantitative estimate of drug-likeness (QED) is 0.471. The van der Waals surface area contributed by atoms with Crippen LogP contribution in [-0.2, 0) is 4.74 Å². The molecule has 1 amide bonds. The van der Waals surface area contributed by atoms with Crippen molar-refractivity contribution >= 4 is 22.6 Å². The second-order valence-electron chi connectivity index (χ2n) is 8.79. The SMILES string of the molecule is CCOc1nccc2c(C(=O)c3ccc(C(C)NC(=O)OC(C)(C)C)c(C)c3F)cccc12. The van der Waals surface area contributed by atoms with Gasteiger partial charge in [-0.05, 0) is 76.3 Å². The van der Waals surface area contributed by atoms with Crippen LogP contribution >= 0.6 is 0 Å². The van der Waals surface area contributed by atoms with E-state index in [-0.39, 0.29) is 5.56 Å². The molecule has 1 atom stereocenters. The van der Waals surface area contributed by atoms with Gasteiger partial charge in [0.15, 0.2) is 5.78 Å². The molecule has 3 aromatic rings. The number of amides is 1. The summed E-state index contributed by atoms with van der Waals surface area (Å²) in [6.07, 6.45) is 0.975. The molecular weight excluding hydrogens is 423 g/mol. The number of rotatable bonds is 6. The van der Waals surface area contributed by atoms with Crippen LogP contribution in [0.5, 0.6) is 5.88 Å². The van der Waals surface area contributed by atoms with Crippen LogP contribution in [0, 0.1) is 12.7 Å². The van der Waals surface area contributed by atoms with E-state index in [1.54, 1.807) is 65.1 Å². The first-order chi connectivity index (χ1) is 15.5. The van der Waals surface area contributed by atoms with E-state index >= 15 is 4.39 Å². The van der Waals surface area contributed by atoms with Crippen molar-refractivity contribution in [1.29, 1.82) is 0 Å². The third-order valence-electron chi connectivity index (χ3n) is 5.17. The fourth-order valence-corrected chi connectivity index (χ4v) is 3.68. The van der Waals surface area contributed by atoms with Crippen molar-refractivity contribution in [3.05, 3.63) is 70.7 Å². The van der Waals surface area contributed by atoms with Gasteiger partial charge in [0.25, 0.3) is 0 Å². The summed E-state index contributed by atoms with van der Waals surface area (Å²) in [6, 6.07) is 9.54. The number of carbonyl (C=O) groups is 2. The van der Waals surface area contributed by atoms with E-state index in [4.69, 9.17) is 9.47 Å². The number of carbonyl (C=O) groups excluding carboxylic acids is 2. The average molecular weight is 453 g/mol. The van der Waals surface area contributed by atoms with Crippen molar-refractivity contribution in [2.75, 3.05) is 6.61 Å². The molecule has 174 valence electrons. The Morgan fingerprint density at radius 2 is 1.82 bits per heavy atom. The minimum absolute atomic E-state index is 0.0389. The summed E-state index contributed by atoms with van der Waals surface area (Å²) in [5.74, 6) is -0.626. The lowest BCUT2D eigenvalue weighted by atomic mass is 9.93.